The van der Waals surface area contributed by atoms with E-state index in [0.717, 1.165) is 57.8 Å². The molecule has 2 saturated heterocycles. The van der Waals surface area contributed by atoms with Gasteiger partial charge in [0.15, 0.2) is 0 Å². The number of unbranched alkanes of at least 4 members (excludes halogenated alkanes) is 3. The van der Waals surface area contributed by atoms with Crippen LogP contribution in [0, 0.1) is 11.8 Å². The molecule has 2 fully saturated rings. The Bertz CT molecular complexity index is 922. The Hall–Kier alpha value is -1.80. The van der Waals surface area contributed by atoms with Crippen molar-refractivity contribution >= 4 is 29.5 Å². The van der Waals surface area contributed by atoms with Gasteiger partial charge in [0, 0.05) is 30.5 Å². The topological polar surface area (TPSA) is 87.2 Å². The number of esters is 1. The van der Waals surface area contributed by atoms with Crippen molar-refractivity contribution in [3.8, 4) is 0 Å². The molecule has 0 radical (unpaired) electrons. The summed E-state index contributed by atoms with van der Waals surface area (Å²) in [5.74, 6) is -1.70. The van der Waals surface area contributed by atoms with E-state index in [-0.39, 0.29) is 30.4 Å². The van der Waals surface area contributed by atoms with Crippen LogP contribution in [0.1, 0.15) is 78.6 Å². The molecule has 0 aromatic rings. The molecule has 1 spiro atoms. The molecule has 0 saturated carbocycles. The second-order valence-electron chi connectivity index (χ2n) is 11.3. The van der Waals surface area contributed by atoms with Crippen LogP contribution in [0.2, 0.25) is 0 Å². The monoisotopic (exact) mass is 532 g/mol. The van der Waals surface area contributed by atoms with E-state index in [0.29, 0.717) is 19.7 Å². The zero-order valence-electron chi connectivity index (χ0n) is 22.7. The van der Waals surface area contributed by atoms with Crippen LogP contribution >= 0.6 is 11.8 Å². The average Bonchev–Trinajstić information content (AvgIpc) is 3.18. The van der Waals surface area contributed by atoms with Crippen molar-refractivity contribution in [3.05, 3.63) is 24.3 Å². The molecule has 7 nitrogen and oxygen atoms in total. The molecule has 4 rings (SSSR count). The van der Waals surface area contributed by atoms with Crippen molar-refractivity contribution in [1.82, 2.24) is 9.80 Å². The molecule has 0 aromatic carbocycles. The van der Waals surface area contributed by atoms with Crippen molar-refractivity contribution in [2.24, 2.45) is 11.8 Å². The van der Waals surface area contributed by atoms with E-state index in [9.17, 15) is 14.4 Å². The number of aliphatic hydroxyl groups is 1. The molecule has 0 aliphatic carbocycles. The van der Waals surface area contributed by atoms with Crippen LogP contribution in [0.25, 0.3) is 0 Å². The SMILES string of the molecule is CCCC(C)N1CC=C[C@]23S[C@@]4(C)/C=C\CCCCOC(=O)[C@H]4[C@H]2C(=O)N(CCCCCCO)C3C1=O. The lowest BCUT2D eigenvalue weighted by molar-refractivity contribution is -0.154. The third kappa shape index (κ3) is 5.25. The number of carbonyl (C=O) groups excluding carboxylic acids is 3. The van der Waals surface area contributed by atoms with Crippen LogP contribution < -0.4 is 0 Å². The predicted octanol–water partition coefficient (Wildman–Crippen LogP) is 4.10. The Labute approximate surface area is 226 Å². The van der Waals surface area contributed by atoms with Gasteiger partial charge in [-0.15, -0.1) is 11.8 Å². The number of fused-ring (bicyclic) bond motifs is 2. The minimum atomic E-state index is -0.809. The maximum atomic E-state index is 14.3. The van der Waals surface area contributed by atoms with Crippen LogP contribution in [0.15, 0.2) is 24.3 Å². The van der Waals surface area contributed by atoms with Crippen LogP contribution in [-0.4, -0.2) is 80.6 Å². The van der Waals surface area contributed by atoms with Gasteiger partial charge in [0.05, 0.1) is 23.2 Å². The normalized spacial score (nSPS) is 35.5. The Morgan fingerprint density at radius 2 is 1.86 bits per heavy atom. The van der Waals surface area contributed by atoms with E-state index >= 15 is 0 Å². The van der Waals surface area contributed by atoms with Gasteiger partial charge in [-0.2, -0.15) is 0 Å². The molecule has 8 heteroatoms. The molecule has 2 amide bonds. The Morgan fingerprint density at radius 3 is 2.62 bits per heavy atom. The molecule has 2 unspecified atom stereocenters. The van der Waals surface area contributed by atoms with E-state index in [4.69, 9.17) is 9.84 Å². The summed E-state index contributed by atoms with van der Waals surface area (Å²) in [6.07, 6.45) is 16.2. The van der Waals surface area contributed by atoms with Gasteiger partial charge in [-0.05, 0) is 52.4 Å². The number of likely N-dealkylation sites (tertiary alicyclic amines) is 1. The van der Waals surface area contributed by atoms with Gasteiger partial charge >= 0.3 is 5.97 Å². The van der Waals surface area contributed by atoms with Crippen molar-refractivity contribution < 1.29 is 24.2 Å². The third-order valence-corrected chi connectivity index (χ3v) is 10.4. The fourth-order valence-electron chi connectivity index (χ4n) is 6.77. The third-order valence-electron chi connectivity index (χ3n) is 8.58. The number of aliphatic hydroxyl groups excluding tert-OH is 1. The number of cyclic esters (lactones) is 1. The van der Waals surface area contributed by atoms with Gasteiger partial charge in [0.2, 0.25) is 11.8 Å². The van der Waals surface area contributed by atoms with Crippen molar-refractivity contribution in [3.63, 3.8) is 0 Å². The molecule has 206 valence electrons. The second kappa shape index (κ2) is 11.9. The Morgan fingerprint density at radius 1 is 1.08 bits per heavy atom. The number of amides is 2. The summed E-state index contributed by atoms with van der Waals surface area (Å²) >= 11 is 1.62. The number of hydrogen-bond acceptors (Lipinski definition) is 6. The lowest BCUT2D eigenvalue weighted by Crippen LogP contribution is -2.55. The van der Waals surface area contributed by atoms with Crippen molar-refractivity contribution in [1.29, 1.82) is 0 Å². The Balaban J connectivity index is 1.75. The summed E-state index contributed by atoms with van der Waals surface area (Å²) in [5, 5.41) is 9.14. The first-order valence-electron chi connectivity index (χ1n) is 14.2. The highest BCUT2D eigenvalue weighted by Gasteiger charge is 2.73. The van der Waals surface area contributed by atoms with Gasteiger partial charge in [0.25, 0.3) is 0 Å². The van der Waals surface area contributed by atoms with Gasteiger partial charge in [-0.3, -0.25) is 14.4 Å². The first-order chi connectivity index (χ1) is 17.8. The smallest absolute Gasteiger partial charge is 0.311 e. The molecular weight excluding hydrogens is 488 g/mol. The molecule has 1 N–H and O–H groups in total. The van der Waals surface area contributed by atoms with Crippen LogP contribution in [-0.2, 0) is 19.1 Å². The molecule has 4 heterocycles. The largest absolute Gasteiger partial charge is 0.465 e. The van der Waals surface area contributed by atoms with Crippen molar-refractivity contribution in [2.45, 2.75) is 100 Å². The lowest BCUT2D eigenvalue weighted by Gasteiger charge is -2.38. The number of nitrogens with zero attached hydrogens (tertiary/aromatic N) is 2. The van der Waals surface area contributed by atoms with Crippen molar-refractivity contribution in [2.75, 3.05) is 26.3 Å². The van der Waals surface area contributed by atoms with E-state index in [1.807, 2.05) is 11.8 Å². The highest BCUT2D eigenvalue weighted by atomic mass is 32.2. The van der Waals surface area contributed by atoms with Crippen LogP contribution in [0.5, 0.6) is 0 Å². The minimum Gasteiger partial charge on any atom is -0.465 e. The number of rotatable bonds is 9. The van der Waals surface area contributed by atoms with Gasteiger partial charge in [-0.1, -0.05) is 50.5 Å². The number of ether oxygens (including phenoxy) is 1. The van der Waals surface area contributed by atoms with Crippen LogP contribution in [0.3, 0.4) is 0 Å². The molecule has 6 atom stereocenters. The lowest BCUT2D eigenvalue weighted by atomic mass is 9.74. The van der Waals surface area contributed by atoms with E-state index in [1.165, 1.54) is 0 Å². The summed E-state index contributed by atoms with van der Waals surface area (Å²) in [4.78, 5) is 45.9. The highest BCUT2D eigenvalue weighted by molar-refractivity contribution is 8.02. The summed E-state index contributed by atoms with van der Waals surface area (Å²) in [6.45, 7) is 7.79. The molecule has 0 bridgehead atoms. The number of thioether (sulfide) groups is 1. The Kier molecular flexibility index (Phi) is 9.10. The first-order valence-corrected chi connectivity index (χ1v) is 15.1. The van der Waals surface area contributed by atoms with Crippen LogP contribution in [0.4, 0.5) is 0 Å². The zero-order valence-corrected chi connectivity index (χ0v) is 23.5. The molecule has 37 heavy (non-hydrogen) atoms. The summed E-state index contributed by atoms with van der Waals surface area (Å²) in [6, 6.07) is -0.563. The standard InChI is InChI=1S/C29H44N2O5S/c1-4-14-21(2)30-18-13-16-29-22(23-27(35)36-20-12-8-5-9-15-28(23,3)37-29)25(33)31(24(29)26(30)34)17-10-6-7-11-19-32/h9,13,15-16,21-24,32H,4-8,10-12,14,17-20H2,1-3H3/b15-9-/t21?,22-,23+,24?,28-,29-/m0/s1. The molecule has 4 aliphatic rings. The second-order valence-corrected chi connectivity index (χ2v) is 13.1. The molecule has 4 aliphatic heterocycles. The fourth-order valence-corrected chi connectivity index (χ4v) is 8.93. The highest BCUT2D eigenvalue weighted by Crippen LogP contribution is 2.65. The number of allylic oxidation sites excluding steroid dienone is 1. The zero-order chi connectivity index (χ0) is 26.6. The summed E-state index contributed by atoms with van der Waals surface area (Å²) in [5.41, 5.74) is 0. The van der Waals surface area contributed by atoms with Gasteiger partial charge < -0.3 is 19.6 Å². The molecular formula is C29H44N2O5S. The first kappa shape index (κ1) is 28.2. The quantitative estimate of drug-likeness (QED) is 0.273. The summed E-state index contributed by atoms with van der Waals surface area (Å²) in [7, 11) is 0. The van der Waals surface area contributed by atoms with E-state index < -0.39 is 27.4 Å². The maximum Gasteiger partial charge on any atom is 0.311 e. The van der Waals surface area contributed by atoms with Gasteiger partial charge in [0.1, 0.15) is 6.04 Å². The van der Waals surface area contributed by atoms with Gasteiger partial charge in [-0.25, -0.2) is 0 Å². The maximum absolute atomic E-state index is 14.3. The summed E-state index contributed by atoms with van der Waals surface area (Å²) < 4.78 is 4.30. The average molecular weight is 533 g/mol. The van der Waals surface area contributed by atoms with E-state index in [1.54, 1.807) is 16.7 Å². The number of hydrogen-bond donors (Lipinski definition) is 1. The number of carbonyl (C=O) groups is 3. The molecule has 0 aromatic heterocycles. The predicted molar refractivity (Wildman–Crippen MR) is 146 cm³/mol. The fraction of sp³-hybridized carbons (Fsp3) is 0.759. The van der Waals surface area contributed by atoms with E-state index in [2.05, 4.69) is 38.2 Å². The minimum absolute atomic E-state index is 0.00526.